The number of rotatable bonds is 4. The molecule has 3 N–H and O–H groups in total. The first-order valence-corrected chi connectivity index (χ1v) is 8.84. The highest BCUT2D eigenvalue weighted by atomic mass is 19.4. The predicted molar refractivity (Wildman–Crippen MR) is 103 cm³/mol. The number of benzene rings is 1. The van der Waals surface area contributed by atoms with Crippen LogP contribution in [0.3, 0.4) is 0 Å². The van der Waals surface area contributed by atoms with Crippen molar-refractivity contribution in [3.8, 4) is 11.4 Å². The van der Waals surface area contributed by atoms with Gasteiger partial charge in [0.2, 0.25) is 11.7 Å². The zero-order chi connectivity index (χ0) is 22.2. The van der Waals surface area contributed by atoms with Gasteiger partial charge >= 0.3 is 6.18 Å². The molecule has 31 heavy (non-hydrogen) atoms. The molecule has 0 unspecified atom stereocenters. The van der Waals surface area contributed by atoms with Gasteiger partial charge in [-0.3, -0.25) is 14.4 Å². The van der Waals surface area contributed by atoms with Crippen LogP contribution >= 0.6 is 0 Å². The van der Waals surface area contributed by atoms with E-state index in [9.17, 15) is 18.0 Å². The monoisotopic (exact) mass is 429 g/mol. The molecule has 0 atom stereocenters. The van der Waals surface area contributed by atoms with Crippen LogP contribution in [0.25, 0.3) is 17.2 Å². The van der Waals surface area contributed by atoms with Crippen molar-refractivity contribution < 1.29 is 23.2 Å². The summed E-state index contributed by atoms with van der Waals surface area (Å²) in [5, 5.41) is 11.6. The molecule has 0 aliphatic heterocycles. The quantitative estimate of drug-likeness (QED) is 0.336. The molecule has 0 radical (unpaired) electrons. The molecule has 0 aliphatic carbocycles. The van der Waals surface area contributed by atoms with Crippen LogP contribution in [0, 0.1) is 6.92 Å². The molecule has 12 heteroatoms. The Morgan fingerprint density at radius 3 is 2.48 bits per heavy atom. The van der Waals surface area contributed by atoms with E-state index in [2.05, 4.69) is 25.3 Å². The number of aryl methyl sites for hydroxylation is 1. The normalized spacial score (nSPS) is 11.5. The third-order valence-electron chi connectivity index (χ3n) is 4.36. The number of anilines is 2. The van der Waals surface area contributed by atoms with E-state index >= 15 is 0 Å². The number of hydrogen-bond donors (Lipinski definition) is 3. The minimum atomic E-state index is -4.57. The molecular weight excluding hydrogens is 415 g/mol. The van der Waals surface area contributed by atoms with Crippen LogP contribution in [0.2, 0.25) is 0 Å². The van der Waals surface area contributed by atoms with E-state index in [4.69, 9.17) is 5.21 Å². The van der Waals surface area contributed by atoms with Gasteiger partial charge in [0.15, 0.2) is 0 Å². The van der Waals surface area contributed by atoms with Gasteiger partial charge in [-0.2, -0.15) is 13.2 Å². The number of fused-ring (bicyclic) bond motifs is 1. The van der Waals surface area contributed by atoms with Crippen LogP contribution in [0.4, 0.5) is 24.8 Å². The summed E-state index contributed by atoms with van der Waals surface area (Å²) in [4.78, 5) is 27.7. The molecule has 0 saturated carbocycles. The van der Waals surface area contributed by atoms with Crippen molar-refractivity contribution in [2.75, 3.05) is 5.32 Å². The summed E-state index contributed by atoms with van der Waals surface area (Å²) in [5.41, 5.74) is 2.73. The highest BCUT2D eigenvalue weighted by Crippen LogP contribution is 2.29. The Kier molecular flexibility index (Phi) is 4.99. The first-order chi connectivity index (χ1) is 14.8. The Morgan fingerprint density at radius 1 is 1.06 bits per heavy atom. The van der Waals surface area contributed by atoms with Gasteiger partial charge in [0.1, 0.15) is 5.69 Å². The Hall–Kier alpha value is -4.06. The standard InChI is InChI=1S/C19H14F3N7O2/c1-10-15(29-9-7-14(19(20,21)22)27-18(29)24-10)13-6-8-23-17(26-13)25-12-4-2-11(3-5-12)16(30)28-31/h2-9,31H,1H3,(H,28,30)(H,23,25,26). The van der Waals surface area contributed by atoms with Crippen molar-refractivity contribution in [1.29, 1.82) is 0 Å². The van der Waals surface area contributed by atoms with Crippen molar-refractivity contribution in [3.63, 3.8) is 0 Å². The summed E-state index contributed by atoms with van der Waals surface area (Å²) in [7, 11) is 0. The number of nitrogens with one attached hydrogen (secondary N) is 2. The first-order valence-electron chi connectivity index (χ1n) is 8.84. The molecule has 1 aromatic carbocycles. The molecule has 4 aromatic rings. The second-order valence-electron chi connectivity index (χ2n) is 6.44. The number of aromatic nitrogens is 5. The van der Waals surface area contributed by atoms with Gasteiger partial charge in [-0.25, -0.2) is 25.4 Å². The van der Waals surface area contributed by atoms with Crippen molar-refractivity contribution in [1.82, 2.24) is 29.8 Å². The zero-order valence-electron chi connectivity index (χ0n) is 15.8. The van der Waals surface area contributed by atoms with Gasteiger partial charge in [-0.15, -0.1) is 0 Å². The smallest absolute Gasteiger partial charge is 0.324 e. The third kappa shape index (κ3) is 4.00. The Morgan fingerprint density at radius 2 is 1.81 bits per heavy atom. The number of carbonyl (C=O) groups excluding carboxylic acids is 1. The molecule has 0 spiro atoms. The minimum Gasteiger partial charge on any atom is -0.324 e. The number of alkyl halides is 3. The maximum atomic E-state index is 12.9. The fraction of sp³-hybridized carbons (Fsp3) is 0.105. The largest absolute Gasteiger partial charge is 0.433 e. The van der Waals surface area contributed by atoms with E-state index in [1.165, 1.54) is 28.9 Å². The lowest BCUT2D eigenvalue weighted by molar-refractivity contribution is -0.141. The lowest BCUT2D eigenvalue weighted by atomic mass is 10.2. The van der Waals surface area contributed by atoms with Crippen molar-refractivity contribution in [2.45, 2.75) is 13.1 Å². The molecular formula is C19H14F3N7O2. The van der Waals surface area contributed by atoms with Crippen LogP contribution in [0.1, 0.15) is 21.7 Å². The van der Waals surface area contributed by atoms with Crippen LogP contribution < -0.4 is 10.8 Å². The van der Waals surface area contributed by atoms with Gasteiger partial charge in [-0.1, -0.05) is 0 Å². The van der Waals surface area contributed by atoms with Crippen molar-refractivity contribution >= 4 is 23.3 Å². The lowest BCUT2D eigenvalue weighted by Crippen LogP contribution is -2.18. The Bertz CT molecular complexity index is 1270. The summed E-state index contributed by atoms with van der Waals surface area (Å²) >= 11 is 0. The van der Waals surface area contributed by atoms with Crippen LogP contribution in [0.5, 0.6) is 0 Å². The fourth-order valence-corrected chi connectivity index (χ4v) is 2.96. The summed E-state index contributed by atoms with van der Waals surface area (Å²) in [6, 6.07) is 8.67. The average molecular weight is 429 g/mol. The van der Waals surface area contributed by atoms with Gasteiger partial charge < -0.3 is 5.32 Å². The first kappa shape index (κ1) is 20.2. The molecule has 158 valence electrons. The van der Waals surface area contributed by atoms with Gasteiger partial charge in [-0.05, 0) is 43.3 Å². The van der Waals surface area contributed by atoms with E-state index in [0.29, 0.717) is 22.8 Å². The lowest BCUT2D eigenvalue weighted by Gasteiger charge is -2.08. The summed E-state index contributed by atoms with van der Waals surface area (Å²) < 4.78 is 40.2. The molecule has 0 saturated heterocycles. The molecule has 1 amide bonds. The number of hydroxylamine groups is 1. The van der Waals surface area contributed by atoms with E-state index in [1.807, 2.05) is 0 Å². The van der Waals surface area contributed by atoms with Gasteiger partial charge in [0.25, 0.3) is 5.91 Å². The molecule has 4 rings (SSSR count). The molecule has 3 heterocycles. The van der Waals surface area contributed by atoms with E-state index in [-0.39, 0.29) is 17.3 Å². The number of hydrogen-bond acceptors (Lipinski definition) is 7. The number of imidazole rings is 1. The second-order valence-corrected chi connectivity index (χ2v) is 6.44. The number of carbonyl (C=O) groups is 1. The van der Waals surface area contributed by atoms with E-state index in [1.54, 1.807) is 30.6 Å². The highest BCUT2D eigenvalue weighted by Gasteiger charge is 2.33. The van der Waals surface area contributed by atoms with Gasteiger partial charge in [0, 0.05) is 23.6 Å². The fourth-order valence-electron chi connectivity index (χ4n) is 2.96. The van der Waals surface area contributed by atoms with Crippen LogP contribution in [0.15, 0.2) is 48.8 Å². The third-order valence-corrected chi connectivity index (χ3v) is 4.36. The maximum absolute atomic E-state index is 12.9. The highest BCUT2D eigenvalue weighted by molar-refractivity contribution is 5.93. The number of amides is 1. The number of halogens is 3. The van der Waals surface area contributed by atoms with E-state index < -0.39 is 17.8 Å². The SMILES string of the molecule is Cc1nc2nc(C(F)(F)F)ccn2c1-c1ccnc(Nc2ccc(C(=O)NO)cc2)n1. The Labute approximate surface area is 172 Å². The topological polar surface area (TPSA) is 117 Å². The second kappa shape index (κ2) is 7.65. The predicted octanol–water partition coefficient (Wildman–Crippen LogP) is 3.38. The molecule has 0 aliphatic rings. The van der Waals surface area contributed by atoms with Crippen LogP contribution in [-0.4, -0.2) is 35.5 Å². The maximum Gasteiger partial charge on any atom is 0.433 e. The molecule has 3 aromatic heterocycles. The van der Waals surface area contributed by atoms with Gasteiger partial charge in [0.05, 0.1) is 17.1 Å². The molecule has 0 bridgehead atoms. The molecule has 9 nitrogen and oxygen atoms in total. The summed E-state index contributed by atoms with van der Waals surface area (Å²) in [5.74, 6) is -0.505. The molecule has 0 fully saturated rings. The van der Waals surface area contributed by atoms with Crippen molar-refractivity contribution in [2.24, 2.45) is 0 Å². The zero-order valence-corrected chi connectivity index (χ0v) is 15.8. The van der Waals surface area contributed by atoms with Crippen LogP contribution in [-0.2, 0) is 6.18 Å². The summed E-state index contributed by atoms with van der Waals surface area (Å²) in [6.45, 7) is 1.65. The van der Waals surface area contributed by atoms with E-state index in [0.717, 1.165) is 6.07 Å². The summed E-state index contributed by atoms with van der Waals surface area (Å²) in [6.07, 6.45) is -1.82. The minimum absolute atomic E-state index is 0.0896. The Balaban J connectivity index is 1.66. The average Bonchev–Trinajstić information content (AvgIpc) is 3.08. The van der Waals surface area contributed by atoms with Crippen molar-refractivity contribution in [3.05, 3.63) is 65.7 Å². The number of nitrogens with zero attached hydrogens (tertiary/aromatic N) is 5.